The molecule has 0 spiro atoms. The smallest absolute Gasteiger partial charge is 0.247 e. The molecule has 0 atom stereocenters. The van der Waals surface area contributed by atoms with Gasteiger partial charge < -0.3 is 4.90 Å². The Hall–Kier alpha value is -2.92. The Balaban J connectivity index is 1.73. The van der Waals surface area contributed by atoms with Gasteiger partial charge in [-0.3, -0.25) is 4.79 Å². The van der Waals surface area contributed by atoms with Crippen molar-refractivity contribution in [3.8, 4) is 0 Å². The van der Waals surface area contributed by atoms with E-state index in [0.717, 1.165) is 23.3 Å². The zero-order valence-electron chi connectivity index (χ0n) is 17.9. The second kappa shape index (κ2) is 12.5. The minimum absolute atomic E-state index is 0.109. The van der Waals surface area contributed by atoms with Crippen molar-refractivity contribution in [2.75, 3.05) is 6.54 Å². The molecule has 174 valence electrons. The number of allylic oxidation sites excluding steroid dienone is 2. The van der Waals surface area contributed by atoms with Crippen LogP contribution in [0.1, 0.15) is 16.7 Å². The molecule has 0 saturated heterocycles. The average molecular weight is 519 g/mol. The largest absolute Gasteiger partial charge is 0.331 e. The maximum atomic E-state index is 13.7. The Morgan fingerprint density at radius 3 is 2.26 bits per heavy atom. The number of hydrogen-bond donors (Lipinski definition) is 0. The summed E-state index contributed by atoms with van der Waals surface area (Å²) in [6.07, 6.45) is 10.1. The first-order chi connectivity index (χ1) is 16.3. The van der Waals surface area contributed by atoms with Crippen molar-refractivity contribution >= 4 is 52.9 Å². The summed E-state index contributed by atoms with van der Waals surface area (Å²) in [5, 5.41) is 1.66. The fourth-order valence-corrected chi connectivity index (χ4v) is 3.62. The van der Waals surface area contributed by atoms with Crippen LogP contribution < -0.4 is 0 Å². The number of amides is 1. The molecule has 0 radical (unpaired) electrons. The molecule has 0 bridgehead atoms. The van der Waals surface area contributed by atoms with E-state index in [9.17, 15) is 13.6 Å². The molecule has 0 aromatic heterocycles. The number of nitrogens with zero attached hydrogens (tertiary/aromatic N) is 1. The molecule has 0 unspecified atom stereocenters. The predicted molar refractivity (Wildman–Crippen MR) is 137 cm³/mol. The Morgan fingerprint density at radius 2 is 1.56 bits per heavy atom. The topological polar surface area (TPSA) is 20.3 Å². The van der Waals surface area contributed by atoms with Crippen LogP contribution in [0.25, 0.3) is 12.2 Å². The highest BCUT2D eigenvalue weighted by Gasteiger charge is 2.11. The van der Waals surface area contributed by atoms with Gasteiger partial charge in [-0.15, -0.1) is 0 Å². The predicted octanol–water partition coefficient (Wildman–Crippen LogP) is 8.24. The molecule has 3 rings (SSSR count). The van der Waals surface area contributed by atoms with Crippen LogP contribution in [0.2, 0.25) is 15.1 Å². The van der Waals surface area contributed by atoms with Gasteiger partial charge >= 0.3 is 0 Å². The van der Waals surface area contributed by atoms with Gasteiger partial charge in [0.2, 0.25) is 5.91 Å². The SMILES string of the molecule is O=C(C=CC=Cc1ccc(Cl)cc1Cl)N(CC=Cc1ccc(Cl)cc1)Cc1ccc(F)c(F)c1. The van der Waals surface area contributed by atoms with E-state index in [1.165, 1.54) is 17.0 Å². The van der Waals surface area contributed by atoms with Crippen LogP contribution in [0.5, 0.6) is 0 Å². The van der Waals surface area contributed by atoms with Crippen molar-refractivity contribution < 1.29 is 13.6 Å². The molecule has 34 heavy (non-hydrogen) atoms. The van der Waals surface area contributed by atoms with Crippen molar-refractivity contribution in [1.29, 1.82) is 0 Å². The fourth-order valence-electron chi connectivity index (χ4n) is 3.02. The number of carbonyl (C=O) groups is 1. The summed E-state index contributed by atoms with van der Waals surface area (Å²) in [6, 6.07) is 16.0. The summed E-state index contributed by atoms with van der Waals surface area (Å²) in [4.78, 5) is 14.4. The molecule has 3 aromatic carbocycles. The molecule has 0 aliphatic heterocycles. The van der Waals surface area contributed by atoms with Gasteiger partial charge in [-0.1, -0.05) is 89.4 Å². The standard InChI is InChI=1S/C27H20Cl3F2NO/c28-22-11-7-19(8-12-22)4-3-15-33(18-20-9-14-25(31)26(32)16-20)27(34)6-2-1-5-21-10-13-23(29)17-24(21)30/h1-14,16-17H,15,18H2. The van der Waals surface area contributed by atoms with Gasteiger partial charge in [0.25, 0.3) is 0 Å². The normalized spacial score (nSPS) is 11.7. The maximum absolute atomic E-state index is 13.7. The van der Waals surface area contributed by atoms with E-state index in [4.69, 9.17) is 34.8 Å². The van der Waals surface area contributed by atoms with Gasteiger partial charge in [0.05, 0.1) is 0 Å². The number of halogens is 5. The molecular formula is C27H20Cl3F2NO. The highest BCUT2D eigenvalue weighted by Crippen LogP contribution is 2.22. The maximum Gasteiger partial charge on any atom is 0.247 e. The van der Waals surface area contributed by atoms with Crippen molar-refractivity contribution in [3.05, 3.63) is 128 Å². The monoisotopic (exact) mass is 517 g/mol. The zero-order chi connectivity index (χ0) is 24.5. The van der Waals surface area contributed by atoms with Crippen molar-refractivity contribution in [2.24, 2.45) is 0 Å². The van der Waals surface area contributed by atoms with Gasteiger partial charge in [-0.05, 0) is 53.1 Å². The first-order valence-electron chi connectivity index (χ1n) is 10.3. The van der Waals surface area contributed by atoms with E-state index in [1.807, 2.05) is 24.3 Å². The molecule has 0 heterocycles. The quantitative estimate of drug-likeness (QED) is 0.217. The lowest BCUT2D eigenvalue weighted by molar-refractivity contribution is -0.126. The molecule has 3 aromatic rings. The van der Waals surface area contributed by atoms with Gasteiger partial charge in [0.15, 0.2) is 11.6 Å². The van der Waals surface area contributed by atoms with E-state index in [2.05, 4.69) is 0 Å². The van der Waals surface area contributed by atoms with Crippen LogP contribution >= 0.6 is 34.8 Å². The summed E-state index contributed by atoms with van der Waals surface area (Å²) in [5.74, 6) is -2.19. The molecule has 1 amide bonds. The van der Waals surface area contributed by atoms with Gasteiger partial charge in [-0.25, -0.2) is 8.78 Å². The van der Waals surface area contributed by atoms with E-state index in [1.54, 1.807) is 48.6 Å². The van der Waals surface area contributed by atoms with Crippen molar-refractivity contribution in [2.45, 2.75) is 6.54 Å². The van der Waals surface area contributed by atoms with Crippen LogP contribution in [0.3, 0.4) is 0 Å². The lowest BCUT2D eigenvalue weighted by Gasteiger charge is -2.20. The first kappa shape index (κ1) is 25.7. The molecule has 7 heteroatoms. The Morgan fingerprint density at radius 1 is 0.824 bits per heavy atom. The third kappa shape index (κ3) is 7.84. The summed E-state index contributed by atoms with van der Waals surface area (Å²) in [5.41, 5.74) is 2.15. The van der Waals surface area contributed by atoms with E-state index >= 15 is 0 Å². The molecule has 2 nitrogen and oxygen atoms in total. The van der Waals surface area contributed by atoms with Crippen LogP contribution in [0.15, 0.2) is 85.0 Å². The molecule has 0 aliphatic carbocycles. The third-order valence-electron chi connectivity index (χ3n) is 4.76. The van der Waals surface area contributed by atoms with E-state index in [0.29, 0.717) is 20.6 Å². The van der Waals surface area contributed by atoms with Crippen LogP contribution in [-0.2, 0) is 11.3 Å². The minimum Gasteiger partial charge on any atom is -0.331 e. The zero-order valence-corrected chi connectivity index (χ0v) is 20.2. The third-order valence-corrected chi connectivity index (χ3v) is 5.58. The fraction of sp³-hybridized carbons (Fsp3) is 0.0741. The molecular weight excluding hydrogens is 499 g/mol. The van der Waals surface area contributed by atoms with Crippen molar-refractivity contribution in [1.82, 2.24) is 4.90 Å². The highest BCUT2D eigenvalue weighted by atomic mass is 35.5. The van der Waals surface area contributed by atoms with Crippen LogP contribution in [-0.4, -0.2) is 17.4 Å². The summed E-state index contributed by atoms with van der Waals surface area (Å²) in [7, 11) is 0. The molecule has 0 saturated carbocycles. The van der Waals surface area contributed by atoms with Crippen LogP contribution in [0.4, 0.5) is 8.78 Å². The lowest BCUT2D eigenvalue weighted by atomic mass is 10.2. The second-order valence-corrected chi connectivity index (χ2v) is 8.59. The molecule has 0 fully saturated rings. The number of carbonyl (C=O) groups excluding carboxylic acids is 1. The van der Waals surface area contributed by atoms with E-state index < -0.39 is 11.6 Å². The average Bonchev–Trinajstić information content (AvgIpc) is 2.80. The van der Waals surface area contributed by atoms with Crippen LogP contribution in [0, 0.1) is 11.6 Å². The van der Waals surface area contributed by atoms with Gasteiger partial charge in [-0.2, -0.15) is 0 Å². The Labute approximate surface area is 212 Å². The summed E-state index contributed by atoms with van der Waals surface area (Å²) in [6.45, 7) is 0.371. The van der Waals surface area contributed by atoms with Gasteiger partial charge in [0, 0.05) is 34.2 Å². The number of benzene rings is 3. The second-order valence-electron chi connectivity index (χ2n) is 7.31. The minimum atomic E-state index is -0.958. The first-order valence-corrected chi connectivity index (χ1v) is 11.4. The highest BCUT2D eigenvalue weighted by molar-refractivity contribution is 6.35. The number of hydrogen-bond acceptors (Lipinski definition) is 1. The Kier molecular flexibility index (Phi) is 9.46. The molecule has 0 aliphatic rings. The molecule has 0 N–H and O–H groups in total. The summed E-state index contributed by atoms with van der Waals surface area (Å²) < 4.78 is 27.0. The lowest BCUT2D eigenvalue weighted by Crippen LogP contribution is -2.29. The van der Waals surface area contributed by atoms with Crippen molar-refractivity contribution in [3.63, 3.8) is 0 Å². The Bertz CT molecular complexity index is 1240. The summed E-state index contributed by atoms with van der Waals surface area (Å²) >= 11 is 17.9. The number of rotatable bonds is 8. The van der Waals surface area contributed by atoms with E-state index in [-0.39, 0.29) is 19.0 Å². The van der Waals surface area contributed by atoms with Gasteiger partial charge in [0.1, 0.15) is 0 Å².